The fraction of sp³-hybridized carbons (Fsp3) is 0.529. The van der Waals surface area contributed by atoms with Crippen molar-refractivity contribution < 1.29 is 13.9 Å². The van der Waals surface area contributed by atoms with Crippen LogP contribution in [0.25, 0.3) is 11.5 Å². The fourth-order valence-corrected chi connectivity index (χ4v) is 3.88. The van der Waals surface area contributed by atoms with Crippen molar-refractivity contribution in [1.29, 1.82) is 0 Å². The number of rotatable bonds is 4. The Morgan fingerprint density at radius 3 is 2.80 bits per heavy atom. The summed E-state index contributed by atoms with van der Waals surface area (Å²) in [4.78, 5) is 2.31. The van der Waals surface area contributed by atoms with Crippen LogP contribution in [-0.2, 0) is 16.0 Å². The molecule has 2 fully saturated rings. The van der Waals surface area contributed by atoms with Crippen LogP contribution >= 0.6 is 23.2 Å². The molecule has 0 amide bonds. The van der Waals surface area contributed by atoms with Gasteiger partial charge in [0.15, 0.2) is 6.29 Å². The maximum atomic E-state index is 6.21. The van der Waals surface area contributed by atoms with Crippen molar-refractivity contribution in [2.24, 2.45) is 5.92 Å². The van der Waals surface area contributed by atoms with Gasteiger partial charge in [0.1, 0.15) is 0 Å². The number of nitrogens with zero attached hydrogens (tertiary/aromatic N) is 3. The van der Waals surface area contributed by atoms with Gasteiger partial charge in [-0.3, -0.25) is 4.90 Å². The Kier molecular flexibility index (Phi) is 5.24. The second-order valence-electron chi connectivity index (χ2n) is 6.37. The Bertz CT molecular complexity index is 734. The molecule has 0 bridgehead atoms. The molecule has 2 saturated heterocycles. The molecule has 2 aliphatic heterocycles. The van der Waals surface area contributed by atoms with Crippen LogP contribution in [0.5, 0.6) is 0 Å². The first-order valence-corrected chi connectivity index (χ1v) is 9.18. The van der Waals surface area contributed by atoms with Gasteiger partial charge in [-0.25, -0.2) is 0 Å². The molecular formula is C17H19Cl2N3O3. The molecule has 0 radical (unpaired) electrons. The molecule has 4 rings (SSSR count). The quantitative estimate of drug-likeness (QED) is 0.803. The first-order valence-electron chi connectivity index (χ1n) is 8.42. The SMILES string of the molecule is Clc1ccc(-c2nnc(CN3CCCC(C4OCCO4)C3)o2)c(Cl)c1. The largest absolute Gasteiger partial charge is 0.419 e. The highest BCUT2D eigenvalue weighted by Crippen LogP contribution is 2.30. The van der Waals surface area contributed by atoms with Gasteiger partial charge in [-0.15, -0.1) is 10.2 Å². The van der Waals surface area contributed by atoms with Gasteiger partial charge in [-0.1, -0.05) is 23.2 Å². The lowest BCUT2D eigenvalue weighted by molar-refractivity contribution is -0.101. The summed E-state index contributed by atoms with van der Waals surface area (Å²) >= 11 is 12.1. The van der Waals surface area contributed by atoms with Crippen LogP contribution in [0.4, 0.5) is 0 Å². The van der Waals surface area contributed by atoms with Crippen molar-refractivity contribution in [3.05, 3.63) is 34.1 Å². The van der Waals surface area contributed by atoms with Gasteiger partial charge in [0.05, 0.1) is 30.3 Å². The predicted octanol–water partition coefficient (Wildman–Crippen LogP) is 3.63. The minimum atomic E-state index is -0.0751. The van der Waals surface area contributed by atoms with E-state index >= 15 is 0 Å². The van der Waals surface area contributed by atoms with Crippen LogP contribution in [-0.4, -0.2) is 47.7 Å². The summed E-state index contributed by atoms with van der Waals surface area (Å²) < 4.78 is 17.1. The monoisotopic (exact) mass is 383 g/mol. The van der Waals surface area contributed by atoms with Crippen molar-refractivity contribution in [1.82, 2.24) is 15.1 Å². The Balaban J connectivity index is 1.42. The van der Waals surface area contributed by atoms with E-state index < -0.39 is 0 Å². The van der Waals surface area contributed by atoms with Crippen molar-refractivity contribution in [2.75, 3.05) is 26.3 Å². The van der Waals surface area contributed by atoms with Crippen molar-refractivity contribution >= 4 is 23.2 Å². The lowest BCUT2D eigenvalue weighted by Gasteiger charge is -2.33. The molecule has 1 unspecified atom stereocenters. The van der Waals surface area contributed by atoms with E-state index in [9.17, 15) is 0 Å². The maximum absolute atomic E-state index is 6.21. The molecule has 1 aromatic carbocycles. The first kappa shape index (κ1) is 17.2. The third kappa shape index (κ3) is 3.99. The number of piperidine rings is 1. The Morgan fingerprint density at radius 1 is 1.16 bits per heavy atom. The van der Waals surface area contributed by atoms with E-state index in [0.29, 0.717) is 53.1 Å². The minimum absolute atomic E-state index is 0.0751. The Morgan fingerprint density at radius 2 is 2.00 bits per heavy atom. The molecule has 8 heteroatoms. The molecular weight excluding hydrogens is 365 g/mol. The number of ether oxygens (including phenoxy) is 2. The predicted molar refractivity (Wildman–Crippen MR) is 93.4 cm³/mol. The van der Waals surface area contributed by atoms with E-state index in [-0.39, 0.29) is 6.29 Å². The summed E-state index contributed by atoms with van der Waals surface area (Å²) in [6.45, 7) is 3.90. The van der Waals surface area contributed by atoms with Gasteiger partial charge in [0.2, 0.25) is 11.8 Å². The zero-order valence-corrected chi connectivity index (χ0v) is 15.2. The second kappa shape index (κ2) is 7.60. The first-order chi connectivity index (χ1) is 12.2. The van der Waals surface area contributed by atoms with E-state index in [0.717, 1.165) is 25.9 Å². The Labute approximate surface area is 156 Å². The number of benzene rings is 1. The zero-order chi connectivity index (χ0) is 17.2. The highest BCUT2D eigenvalue weighted by atomic mass is 35.5. The van der Waals surface area contributed by atoms with Crippen LogP contribution in [0, 0.1) is 5.92 Å². The molecule has 0 spiro atoms. The molecule has 0 saturated carbocycles. The molecule has 25 heavy (non-hydrogen) atoms. The van der Waals surface area contributed by atoms with Gasteiger partial charge >= 0.3 is 0 Å². The number of aromatic nitrogens is 2. The van der Waals surface area contributed by atoms with Gasteiger partial charge in [-0.05, 0) is 37.6 Å². The smallest absolute Gasteiger partial charge is 0.249 e. The van der Waals surface area contributed by atoms with Crippen LogP contribution < -0.4 is 0 Å². The summed E-state index contributed by atoms with van der Waals surface area (Å²) in [5.41, 5.74) is 0.689. The summed E-state index contributed by atoms with van der Waals surface area (Å²) in [6.07, 6.45) is 2.16. The van der Waals surface area contributed by atoms with E-state index in [4.69, 9.17) is 37.1 Å². The lowest BCUT2D eigenvalue weighted by atomic mass is 9.97. The number of halogens is 2. The van der Waals surface area contributed by atoms with Crippen LogP contribution in [0.2, 0.25) is 10.0 Å². The minimum Gasteiger partial charge on any atom is -0.419 e. The summed E-state index contributed by atoms with van der Waals surface area (Å²) in [6, 6.07) is 5.20. The number of likely N-dealkylation sites (tertiary alicyclic amines) is 1. The molecule has 0 aliphatic carbocycles. The maximum Gasteiger partial charge on any atom is 0.249 e. The topological polar surface area (TPSA) is 60.6 Å². The van der Waals surface area contributed by atoms with Gasteiger partial charge in [0.25, 0.3) is 0 Å². The van der Waals surface area contributed by atoms with Crippen LogP contribution in [0.15, 0.2) is 22.6 Å². The van der Waals surface area contributed by atoms with Crippen LogP contribution in [0.3, 0.4) is 0 Å². The molecule has 6 nitrogen and oxygen atoms in total. The third-order valence-corrected chi connectivity index (χ3v) is 5.11. The van der Waals surface area contributed by atoms with Crippen molar-refractivity contribution in [2.45, 2.75) is 25.7 Å². The van der Waals surface area contributed by atoms with Gasteiger partial charge < -0.3 is 13.9 Å². The average molecular weight is 384 g/mol. The summed E-state index contributed by atoms with van der Waals surface area (Å²) in [5.74, 6) is 1.38. The number of hydrogen-bond donors (Lipinski definition) is 0. The van der Waals surface area contributed by atoms with E-state index in [2.05, 4.69) is 15.1 Å². The second-order valence-corrected chi connectivity index (χ2v) is 7.22. The summed E-state index contributed by atoms with van der Waals surface area (Å²) in [7, 11) is 0. The fourth-order valence-electron chi connectivity index (χ4n) is 3.39. The Hall–Kier alpha value is -1.18. The molecule has 0 N–H and O–H groups in total. The third-order valence-electron chi connectivity index (χ3n) is 4.56. The van der Waals surface area contributed by atoms with Gasteiger partial charge in [-0.2, -0.15) is 0 Å². The van der Waals surface area contributed by atoms with E-state index in [1.807, 2.05) is 0 Å². The molecule has 2 aliphatic rings. The zero-order valence-electron chi connectivity index (χ0n) is 13.7. The molecule has 1 aromatic heterocycles. The highest BCUT2D eigenvalue weighted by Gasteiger charge is 2.31. The summed E-state index contributed by atoms with van der Waals surface area (Å²) in [5, 5.41) is 9.35. The lowest BCUT2D eigenvalue weighted by Crippen LogP contribution is -2.40. The standard InChI is InChI=1S/C17H19Cl2N3O3/c18-12-3-4-13(14(19)8-12)16-21-20-15(25-16)10-22-5-1-2-11(9-22)17-23-6-7-24-17/h3-4,8,11,17H,1-2,5-7,9-10H2. The van der Waals surface area contributed by atoms with Crippen molar-refractivity contribution in [3.63, 3.8) is 0 Å². The highest BCUT2D eigenvalue weighted by molar-refractivity contribution is 6.36. The van der Waals surface area contributed by atoms with Crippen molar-refractivity contribution in [3.8, 4) is 11.5 Å². The molecule has 2 aromatic rings. The normalized spacial score (nSPS) is 22.6. The van der Waals surface area contributed by atoms with Crippen LogP contribution in [0.1, 0.15) is 18.7 Å². The number of hydrogen-bond acceptors (Lipinski definition) is 6. The average Bonchev–Trinajstić information content (AvgIpc) is 3.27. The van der Waals surface area contributed by atoms with E-state index in [1.54, 1.807) is 18.2 Å². The molecule has 134 valence electrons. The van der Waals surface area contributed by atoms with E-state index in [1.165, 1.54) is 0 Å². The molecule has 3 heterocycles. The van der Waals surface area contributed by atoms with Gasteiger partial charge in [0, 0.05) is 17.5 Å². The molecule has 1 atom stereocenters.